The Morgan fingerprint density at radius 1 is 1.32 bits per heavy atom. The first-order valence-electron chi connectivity index (χ1n) is 11.0. The molecule has 5 heteroatoms. The summed E-state index contributed by atoms with van der Waals surface area (Å²) in [6, 6.07) is 0.0870. The molecule has 0 aromatic carbocycles. The molecule has 1 aliphatic heterocycles. The number of likely N-dealkylation sites (tertiary alicyclic amines) is 1. The maximum atomic E-state index is 12.4. The van der Waals surface area contributed by atoms with Crippen LogP contribution in [0.1, 0.15) is 74.1 Å². The molecule has 2 amide bonds. The average molecular weight is 412 g/mol. The van der Waals surface area contributed by atoms with E-state index in [1.165, 1.54) is 6.42 Å². The summed E-state index contributed by atoms with van der Waals surface area (Å²) in [4.78, 5) is 14.9. The molecule has 2 aliphatic rings. The molecule has 0 spiro atoms. The summed E-state index contributed by atoms with van der Waals surface area (Å²) in [5, 5.41) is 6.56. The number of alkyl halides is 1. The zero-order valence-corrected chi connectivity index (χ0v) is 19.8. The van der Waals surface area contributed by atoms with Crippen molar-refractivity contribution in [2.45, 2.75) is 91.1 Å². The smallest absolute Gasteiger partial charge is 0.315 e. The number of hydrogen-bond donors (Lipinski definition) is 2. The minimum Gasteiger partial charge on any atom is -0.334 e. The molecule has 1 saturated heterocycles. The number of rotatable bonds is 5. The van der Waals surface area contributed by atoms with Gasteiger partial charge in [0, 0.05) is 30.0 Å². The standard InChI is InChI=1S/C23H42ClN3O/c1-16(2)20(25-21(28)26-22(3,4)5)14-27-13-12-19(23(6,7)15-27)17-8-10-18(24)11-9-17/h8,16,18-20H,9-15H2,1-7H3,(H2,25,26,28)/t18?,19?,20-/m0/s1. The minimum atomic E-state index is -0.221. The van der Waals surface area contributed by atoms with Gasteiger partial charge in [0.05, 0.1) is 0 Å². The second-order valence-corrected chi connectivity index (χ2v) is 11.5. The van der Waals surface area contributed by atoms with E-state index in [0.717, 1.165) is 38.9 Å². The summed E-state index contributed by atoms with van der Waals surface area (Å²) in [7, 11) is 0. The molecule has 1 heterocycles. The molecule has 162 valence electrons. The minimum absolute atomic E-state index is 0.0664. The quantitative estimate of drug-likeness (QED) is 0.483. The van der Waals surface area contributed by atoms with Crippen molar-refractivity contribution in [3.05, 3.63) is 11.6 Å². The average Bonchev–Trinajstić information content (AvgIpc) is 2.53. The Balaban J connectivity index is 1.96. The van der Waals surface area contributed by atoms with Gasteiger partial charge in [-0.1, -0.05) is 39.3 Å². The number of piperidine rings is 1. The fourth-order valence-electron chi connectivity index (χ4n) is 4.70. The third-order valence-corrected chi connectivity index (χ3v) is 6.60. The van der Waals surface area contributed by atoms with Crippen molar-refractivity contribution in [2.24, 2.45) is 17.3 Å². The van der Waals surface area contributed by atoms with E-state index < -0.39 is 0 Å². The van der Waals surface area contributed by atoms with Gasteiger partial charge in [0.15, 0.2) is 0 Å². The fourth-order valence-corrected chi connectivity index (χ4v) is 4.89. The molecule has 0 saturated carbocycles. The zero-order chi connectivity index (χ0) is 21.1. The van der Waals surface area contributed by atoms with Crippen LogP contribution in [0.4, 0.5) is 4.79 Å². The maximum absolute atomic E-state index is 12.4. The van der Waals surface area contributed by atoms with Crippen LogP contribution >= 0.6 is 11.6 Å². The summed E-state index contributed by atoms with van der Waals surface area (Å²) in [6.07, 6.45) is 6.91. The van der Waals surface area contributed by atoms with Crippen molar-refractivity contribution in [3.63, 3.8) is 0 Å². The highest BCUT2D eigenvalue weighted by molar-refractivity contribution is 6.20. The predicted molar refractivity (Wildman–Crippen MR) is 120 cm³/mol. The molecule has 2 unspecified atom stereocenters. The van der Waals surface area contributed by atoms with Gasteiger partial charge in [0.1, 0.15) is 0 Å². The first-order valence-corrected chi connectivity index (χ1v) is 11.4. The van der Waals surface area contributed by atoms with Gasteiger partial charge in [-0.2, -0.15) is 0 Å². The van der Waals surface area contributed by atoms with Crippen molar-refractivity contribution in [3.8, 4) is 0 Å². The van der Waals surface area contributed by atoms with Crippen LogP contribution in [0.2, 0.25) is 0 Å². The number of halogens is 1. The van der Waals surface area contributed by atoms with Crippen molar-refractivity contribution in [2.75, 3.05) is 19.6 Å². The Labute approximate surface area is 177 Å². The molecule has 1 fully saturated rings. The van der Waals surface area contributed by atoms with Crippen LogP contribution in [0.5, 0.6) is 0 Å². The van der Waals surface area contributed by atoms with Gasteiger partial charge in [-0.05, 0) is 70.3 Å². The van der Waals surface area contributed by atoms with E-state index in [1.807, 2.05) is 20.8 Å². The van der Waals surface area contributed by atoms with Gasteiger partial charge >= 0.3 is 6.03 Å². The van der Waals surface area contributed by atoms with Gasteiger partial charge in [-0.15, -0.1) is 11.6 Å². The van der Waals surface area contributed by atoms with E-state index in [1.54, 1.807) is 5.57 Å². The van der Waals surface area contributed by atoms with Crippen LogP contribution in [-0.4, -0.2) is 47.5 Å². The zero-order valence-electron chi connectivity index (χ0n) is 19.1. The number of carbonyl (C=O) groups is 1. The number of nitrogens with one attached hydrogen (secondary N) is 2. The predicted octanol–water partition coefficient (Wildman–Crippen LogP) is 5.17. The van der Waals surface area contributed by atoms with Crippen molar-refractivity contribution < 1.29 is 4.79 Å². The molecule has 0 radical (unpaired) electrons. The van der Waals surface area contributed by atoms with Crippen LogP contribution in [-0.2, 0) is 0 Å². The van der Waals surface area contributed by atoms with Crippen LogP contribution in [0.3, 0.4) is 0 Å². The van der Waals surface area contributed by atoms with Crippen LogP contribution in [0.15, 0.2) is 11.6 Å². The first kappa shape index (κ1) is 23.5. The topological polar surface area (TPSA) is 44.4 Å². The molecule has 28 heavy (non-hydrogen) atoms. The lowest BCUT2D eigenvalue weighted by atomic mass is 9.68. The van der Waals surface area contributed by atoms with Crippen LogP contribution < -0.4 is 10.6 Å². The van der Waals surface area contributed by atoms with E-state index in [4.69, 9.17) is 11.6 Å². The van der Waals surface area contributed by atoms with Crippen molar-refractivity contribution in [1.29, 1.82) is 0 Å². The van der Waals surface area contributed by atoms with E-state index in [-0.39, 0.29) is 23.0 Å². The Hall–Kier alpha value is -0.740. The summed E-state index contributed by atoms with van der Waals surface area (Å²) in [5.41, 5.74) is 1.66. The van der Waals surface area contributed by atoms with Crippen LogP contribution in [0, 0.1) is 17.3 Å². The largest absolute Gasteiger partial charge is 0.334 e. The summed E-state index contributed by atoms with van der Waals surface area (Å²) in [6.45, 7) is 18.3. The van der Waals surface area contributed by atoms with Gasteiger partial charge < -0.3 is 15.5 Å². The summed E-state index contributed by atoms with van der Waals surface area (Å²) in [5.74, 6) is 1.05. The Morgan fingerprint density at radius 2 is 2.00 bits per heavy atom. The molecular formula is C23H42ClN3O. The van der Waals surface area contributed by atoms with Gasteiger partial charge in [0.2, 0.25) is 0 Å². The van der Waals surface area contributed by atoms with Gasteiger partial charge in [0.25, 0.3) is 0 Å². The normalized spacial score (nSPS) is 27.2. The lowest BCUT2D eigenvalue weighted by Crippen LogP contribution is -2.56. The molecular weight excluding hydrogens is 370 g/mol. The van der Waals surface area contributed by atoms with E-state index in [2.05, 4.69) is 49.3 Å². The highest BCUT2D eigenvalue weighted by Gasteiger charge is 2.39. The fraction of sp³-hybridized carbons (Fsp3) is 0.870. The molecule has 3 atom stereocenters. The number of nitrogens with zero attached hydrogens (tertiary/aromatic N) is 1. The van der Waals surface area contributed by atoms with Crippen LogP contribution in [0.25, 0.3) is 0 Å². The highest BCUT2D eigenvalue weighted by Crippen LogP contribution is 2.43. The van der Waals surface area contributed by atoms with Crippen molar-refractivity contribution >= 4 is 17.6 Å². The molecule has 2 rings (SSSR count). The van der Waals surface area contributed by atoms with Gasteiger partial charge in [-0.3, -0.25) is 0 Å². The summed E-state index contributed by atoms with van der Waals surface area (Å²) >= 11 is 6.29. The maximum Gasteiger partial charge on any atom is 0.315 e. The Kier molecular flexibility index (Phi) is 7.89. The first-order chi connectivity index (χ1) is 12.9. The number of urea groups is 1. The molecule has 0 bridgehead atoms. The molecule has 4 nitrogen and oxygen atoms in total. The lowest BCUT2D eigenvalue weighted by molar-refractivity contribution is 0.0608. The second kappa shape index (κ2) is 9.38. The SMILES string of the molecule is CC(C)[C@H](CN1CCC(C2=CCC(Cl)CC2)C(C)(C)C1)NC(=O)NC(C)(C)C. The monoisotopic (exact) mass is 411 g/mol. The number of allylic oxidation sites excluding steroid dienone is 2. The van der Waals surface area contributed by atoms with Gasteiger partial charge in [-0.25, -0.2) is 4.79 Å². The number of hydrogen-bond acceptors (Lipinski definition) is 2. The highest BCUT2D eigenvalue weighted by atomic mass is 35.5. The van der Waals surface area contributed by atoms with E-state index in [0.29, 0.717) is 17.2 Å². The molecule has 2 N–H and O–H groups in total. The third kappa shape index (κ3) is 6.95. The second-order valence-electron chi connectivity index (χ2n) is 10.9. The van der Waals surface area contributed by atoms with E-state index >= 15 is 0 Å². The Morgan fingerprint density at radius 3 is 2.50 bits per heavy atom. The third-order valence-electron chi connectivity index (χ3n) is 6.20. The summed E-state index contributed by atoms with van der Waals surface area (Å²) < 4.78 is 0. The molecule has 0 aromatic rings. The van der Waals surface area contributed by atoms with Crippen molar-refractivity contribution in [1.82, 2.24) is 15.5 Å². The Bertz CT molecular complexity index is 565. The molecule has 1 aliphatic carbocycles. The molecule has 0 aromatic heterocycles. The number of carbonyl (C=O) groups excluding carboxylic acids is 1. The van der Waals surface area contributed by atoms with E-state index in [9.17, 15) is 4.79 Å². The number of amides is 2. The lowest BCUT2D eigenvalue weighted by Gasteiger charge is -2.47.